The number of fused-ring (bicyclic) bond motifs is 1. The molecule has 0 bridgehead atoms. The van der Waals surface area contributed by atoms with Crippen LogP contribution in [0.15, 0.2) is 65.3 Å². The number of thiazole rings is 1. The number of benzene rings is 2. The molecule has 0 atom stereocenters. The van der Waals surface area contributed by atoms with Crippen molar-refractivity contribution in [2.75, 3.05) is 7.11 Å². The van der Waals surface area contributed by atoms with E-state index in [0.717, 1.165) is 15.8 Å². The number of furan rings is 1. The van der Waals surface area contributed by atoms with Crippen LogP contribution in [-0.4, -0.2) is 18.1 Å². The largest absolute Gasteiger partial charge is 0.493 e. The molecule has 0 unspecified atom stereocenters. The average molecular weight is 402 g/mol. The van der Waals surface area contributed by atoms with E-state index in [2.05, 4.69) is 11.1 Å². The van der Waals surface area contributed by atoms with E-state index in [9.17, 15) is 10.1 Å². The topological polar surface area (TPSA) is 85.4 Å². The molecule has 2 aromatic carbocycles. The summed E-state index contributed by atoms with van der Waals surface area (Å²) in [7, 11) is 1.48. The highest BCUT2D eigenvalue weighted by Gasteiger charge is 2.15. The van der Waals surface area contributed by atoms with Crippen LogP contribution in [0.4, 0.5) is 0 Å². The van der Waals surface area contributed by atoms with Gasteiger partial charge in [-0.15, -0.1) is 11.3 Å². The second-order valence-corrected chi connectivity index (χ2v) is 6.96. The number of hydrogen-bond donors (Lipinski definition) is 0. The van der Waals surface area contributed by atoms with Crippen LogP contribution >= 0.6 is 11.3 Å². The van der Waals surface area contributed by atoms with Gasteiger partial charge in [0.25, 0.3) is 0 Å². The van der Waals surface area contributed by atoms with E-state index in [1.807, 2.05) is 24.3 Å². The van der Waals surface area contributed by atoms with Gasteiger partial charge < -0.3 is 13.9 Å². The number of hydrogen-bond acceptors (Lipinski definition) is 7. The quantitative estimate of drug-likeness (QED) is 0.260. The number of carbonyl (C=O) groups excluding carboxylic acids is 1. The van der Waals surface area contributed by atoms with Crippen LogP contribution in [0.2, 0.25) is 0 Å². The lowest BCUT2D eigenvalue weighted by Gasteiger charge is -2.09. The maximum absolute atomic E-state index is 12.1. The zero-order valence-electron chi connectivity index (χ0n) is 15.3. The van der Waals surface area contributed by atoms with Crippen molar-refractivity contribution in [1.82, 2.24) is 4.98 Å². The lowest BCUT2D eigenvalue weighted by atomic mass is 10.1. The highest BCUT2D eigenvalue weighted by molar-refractivity contribution is 7.19. The molecule has 0 saturated carbocycles. The fraction of sp³-hybridized carbons (Fsp3) is 0.0455. The summed E-state index contributed by atoms with van der Waals surface area (Å²) in [6.07, 6.45) is 3.12. The predicted molar refractivity (Wildman–Crippen MR) is 110 cm³/mol. The summed E-state index contributed by atoms with van der Waals surface area (Å²) in [6.45, 7) is 0. The Hall–Kier alpha value is -3.89. The van der Waals surface area contributed by atoms with Crippen LogP contribution in [0.3, 0.4) is 0 Å². The van der Waals surface area contributed by atoms with E-state index in [1.54, 1.807) is 30.3 Å². The molecule has 0 aliphatic rings. The van der Waals surface area contributed by atoms with Crippen molar-refractivity contribution >= 4 is 39.2 Å². The smallest absolute Gasteiger partial charge is 0.379 e. The molecule has 0 fully saturated rings. The first-order valence-electron chi connectivity index (χ1n) is 8.59. The van der Waals surface area contributed by atoms with E-state index in [0.29, 0.717) is 16.3 Å². The molecule has 29 heavy (non-hydrogen) atoms. The average Bonchev–Trinajstić information content (AvgIpc) is 3.42. The van der Waals surface area contributed by atoms with Crippen LogP contribution in [0, 0.1) is 11.3 Å². The summed E-state index contributed by atoms with van der Waals surface area (Å²) in [4.78, 5) is 16.6. The Morgan fingerprint density at radius 3 is 2.76 bits per heavy atom. The normalized spacial score (nSPS) is 11.2. The number of esters is 1. The summed E-state index contributed by atoms with van der Waals surface area (Å²) in [5.41, 5.74) is 2.01. The van der Waals surface area contributed by atoms with Crippen LogP contribution in [0.1, 0.15) is 21.1 Å². The van der Waals surface area contributed by atoms with Crippen LogP contribution in [0.25, 0.3) is 21.9 Å². The summed E-state index contributed by atoms with van der Waals surface area (Å²) < 4.78 is 16.7. The number of methoxy groups -OCH3 is 1. The third-order valence-corrected chi connectivity index (χ3v) is 5.14. The molecule has 0 radical (unpaired) electrons. The second kappa shape index (κ2) is 8.00. The van der Waals surface area contributed by atoms with E-state index in [4.69, 9.17) is 13.9 Å². The SMILES string of the molecule is COc1cc(/C=C(\C#N)c2nc3ccccc3s2)ccc1OC(=O)c1ccco1. The Balaban J connectivity index is 1.64. The zero-order valence-corrected chi connectivity index (χ0v) is 16.1. The van der Waals surface area contributed by atoms with Gasteiger partial charge in [-0.25, -0.2) is 9.78 Å². The van der Waals surface area contributed by atoms with Crippen molar-refractivity contribution in [2.24, 2.45) is 0 Å². The fourth-order valence-electron chi connectivity index (χ4n) is 2.70. The van der Waals surface area contributed by atoms with Gasteiger partial charge >= 0.3 is 5.97 Å². The summed E-state index contributed by atoms with van der Waals surface area (Å²) >= 11 is 1.46. The molecule has 2 aromatic heterocycles. The molecule has 0 aliphatic heterocycles. The Morgan fingerprint density at radius 1 is 1.17 bits per heavy atom. The number of carbonyl (C=O) groups is 1. The first kappa shape index (κ1) is 18.5. The molecule has 6 nitrogen and oxygen atoms in total. The number of ether oxygens (including phenoxy) is 2. The van der Waals surface area contributed by atoms with E-state index >= 15 is 0 Å². The van der Waals surface area contributed by atoms with Crippen LogP contribution in [0.5, 0.6) is 11.5 Å². The molecule has 0 amide bonds. The van der Waals surface area contributed by atoms with Crippen molar-refractivity contribution in [3.8, 4) is 17.6 Å². The summed E-state index contributed by atoms with van der Waals surface area (Å²) in [5.74, 6) is 0.0900. The van der Waals surface area contributed by atoms with Gasteiger partial charge in [0.2, 0.25) is 5.76 Å². The molecule has 0 aliphatic carbocycles. The third-order valence-electron chi connectivity index (χ3n) is 4.07. The molecular weight excluding hydrogens is 388 g/mol. The maximum Gasteiger partial charge on any atom is 0.379 e. The molecule has 7 heteroatoms. The molecule has 4 aromatic rings. The highest BCUT2D eigenvalue weighted by atomic mass is 32.1. The van der Waals surface area contributed by atoms with Crippen LogP contribution < -0.4 is 9.47 Å². The first-order valence-corrected chi connectivity index (χ1v) is 9.41. The van der Waals surface area contributed by atoms with Gasteiger partial charge in [0.05, 0.1) is 29.2 Å². The van der Waals surface area contributed by atoms with Crippen molar-refractivity contribution < 1.29 is 18.7 Å². The van der Waals surface area contributed by atoms with Crippen molar-refractivity contribution in [3.63, 3.8) is 0 Å². The van der Waals surface area contributed by atoms with Gasteiger partial charge in [0.1, 0.15) is 11.1 Å². The Morgan fingerprint density at radius 2 is 2.03 bits per heavy atom. The number of para-hydroxylation sites is 1. The number of allylic oxidation sites excluding steroid dienone is 1. The standard InChI is InChI=1S/C22H14N2O4S/c1-26-19-12-14(8-9-17(19)28-22(25)18-6-4-10-27-18)11-15(13-23)21-24-16-5-2-3-7-20(16)29-21/h2-12H,1H3/b15-11+. The van der Waals surface area contributed by atoms with Crippen molar-refractivity contribution in [2.45, 2.75) is 0 Å². The third kappa shape index (κ3) is 3.88. The summed E-state index contributed by atoms with van der Waals surface area (Å²) in [6, 6.07) is 18.1. The van der Waals surface area contributed by atoms with Gasteiger partial charge in [-0.05, 0) is 48.0 Å². The van der Waals surface area contributed by atoms with Gasteiger partial charge in [0.15, 0.2) is 11.5 Å². The molecule has 0 saturated heterocycles. The Labute approximate surface area is 170 Å². The minimum absolute atomic E-state index is 0.0960. The molecular formula is C22H14N2O4S. The number of rotatable bonds is 5. The lowest BCUT2D eigenvalue weighted by molar-refractivity contribution is 0.0696. The van der Waals surface area contributed by atoms with Crippen LogP contribution in [-0.2, 0) is 0 Å². The lowest BCUT2D eigenvalue weighted by Crippen LogP contribution is -2.08. The van der Waals surface area contributed by atoms with Gasteiger partial charge in [-0.3, -0.25) is 0 Å². The minimum atomic E-state index is -0.621. The number of aromatic nitrogens is 1. The first-order chi connectivity index (χ1) is 14.2. The second-order valence-electron chi connectivity index (χ2n) is 5.93. The maximum atomic E-state index is 12.1. The Kier molecular flexibility index (Phi) is 5.10. The van der Waals surface area contributed by atoms with E-state index in [1.165, 1.54) is 30.8 Å². The van der Waals surface area contributed by atoms with Gasteiger partial charge in [-0.1, -0.05) is 18.2 Å². The van der Waals surface area contributed by atoms with Crippen molar-refractivity contribution in [3.05, 3.63) is 77.2 Å². The van der Waals surface area contributed by atoms with Gasteiger partial charge in [-0.2, -0.15) is 5.26 Å². The number of nitrogens with zero attached hydrogens (tertiary/aromatic N) is 2. The number of nitriles is 1. The summed E-state index contributed by atoms with van der Waals surface area (Å²) in [5, 5.41) is 10.2. The zero-order chi connectivity index (χ0) is 20.2. The highest BCUT2D eigenvalue weighted by Crippen LogP contribution is 2.32. The molecule has 0 spiro atoms. The molecule has 4 rings (SSSR count). The molecule has 0 N–H and O–H groups in total. The Bertz CT molecular complexity index is 1220. The molecule has 2 heterocycles. The molecule has 142 valence electrons. The minimum Gasteiger partial charge on any atom is -0.493 e. The monoisotopic (exact) mass is 402 g/mol. The van der Waals surface area contributed by atoms with Gasteiger partial charge in [0, 0.05) is 0 Å². The predicted octanol–water partition coefficient (Wildman–Crippen LogP) is 5.18. The van der Waals surface area contributed by atoms with E-state index in [-0.39, 0.29) is 11.5 Å². The van der Waals surface area contributed by atoms with E-state index < -0.39 is 5.97 Å². The fourth-order valence-corrected chi connectivity index (χ4v) is 3.63. The van der Waals surface area contributed by atoms with Crippen molar-refractivity contribution in [1.29, 1.82) is 5.26 Å².